The molecule has 1 aromatic rings. The van der Waals surface area contributed by atoms with Gasteiger partial charge in [-0.3, -0.25) is 4.79 Å². The average molecular weight is 292 g/mol. The van der Waals surface area contributed by atoms with Crippen molar-refractivity contribution < 1.29 is 14.3 Å². The highest BCUT2D eigenvalue weighted by atomic mass is 16.6. The molecule has 1 atom stereocenters. The van der Waals surface area contributed by atoms with Gasteiger partial charge in [-0.05, 0) is 23.8 Å². The Bertz CT molecular complexity index is 398. The number of carbonyl (C=O) groups is 1. The van der Waals surface area contributed by atoms with Crippen molar-refractivity contribution in [2.24, 2.45) is 17.8 Å². The van der Waals surface area contributed by atoms with Gasteiger partial charge in [0.25, 0.3) is 0 Å². The van der Waals surface area contributed by atoms with E-state index in [9.17, 15) is 4.79 Å². The van der Waals surface area contributed by atoms with Gasteiger partial charge in [0.15, 0.2) is 0 Å². The third kappa shape index (κ3) is 7.28. The van der Waals surface area contributed by atoms with Crippen molar-refractivity contribution >= 4 is 5.97 Å². The highest BCUT2D eigenvalue weighted by Gasteiger charge is 2.23. The van der Waals surface area contributed by atoms with Gasteiger partial charge in [0.2, 0.25) is 0 Å². The van der Waals surface area contributed by atoms with E-state index in [1.165, 1.54) is 5.56 Å². The molecule has 21 heavy (non-hydrogen) atoms. The van der Waals surface area contributed by atoms with Crippen LogP contribution in [0.5, 0.6) is 0 Å². The van der Waals surface area contributed by atoms with E-state index in [1.54, 1.807) is 0 Å². The minimum absolute atomic E-state index is 0.0995. The summed E-state index contributed by atoms with van der Waals surface area (Å²) in [5.74, 6) is 0.538. The van der Waals surface area contributed by atoms with Crippen molar-refractivity contribution in [3.8, 4) is 0 Å². The van der Waals surface area contributed by atoms with E-state index in [4.69, 9.17) is 9.47 Å². The van der Waals surface area contributed by atoms with E-state index < -0.39 is 0 Å². The first-order valence-corrected chi connectivity index (χ1v) is 7.79. The van der Waals surface area contributed by atoms with Gasteiger partial charge in [-0.15, -0.1) is 0 Å². The van der Waals surface area contributed by atoms with Crippen LogP contribution in [0.2, 0.25) is 0 Å². The molecular weight excluding hydrogens is 264 g/mol. The van der Waals surface area contributed by atoms with Crippen molar-refractivity contribution in [1.82, 2.24) is 0 Å². The van der Waals surface area contributed by atoms with E-state index in [0.29, 0.717) is 25.7 Å². The van der Waals surface area contributed by atoms with Crippen LogP contribution in [0.1, 0.15) is 33.3 Å². The molecule has 0 saturated carbocycles. The molecule has 0 bridgehead atoms. The molecule has 1 rings (SSSR count). The van der Waals surface area contributed by atoms with Gasteiger partial charge in [0.05, 0.1) is 12.5 Å². The zero-order valence-electron chi connectivity index (χ0n) is 13.7. The summed E-state index contributed by atoms with van der Waals surface area (Å²) in [4.78, 5) is 12.2. The second-order valence-corrected chi connectivity index (χ2v) is 6.18. The summed E-state index contributed by atoms with van der Waals surface area (Å²) >= 11 is 0. The lowest BCUT2D eigenvalue weighted by Crippen LogP contribution is -2.26. The summed E-state index contributed by atoms with van der Waals surface area (Å²) < 4.78 is 10.8. The first kappa shape index (κ1) is 17.7. The summed E-state index contributed by atoms with van der Waals surface area (Å²) in [5, 5.41) is 0. The van der Waals surface area contributed by atoms with Crippen LogP contribution in [0.3, 0.4) is 0 Å². The monoisotopic (exact) mass is 292 g/mol. The maximum Gasteiger partial charge on any atom is 0.309 e. The van der Waals surface area contributed by atoms with Crippen molar-refractivity contribution in [1.29, 1.82) is 0 Å². The quantitative estimate of drug-likeness (QED) is 0.514. The van der Waals surface area contributed by atoms with Crippen LogP contribution in [0.25, 0.3) is 0 Å². The number of hydrogen-bond acceptors (Lipinski definition) is 3. The van der Waals surface area contributed by atoms with Gasteiger partial charge >= 0.3 is 5.97 Å². The van der Waals surface area contributed by atoms with Crippen molar-refractivity contribution in [3.05, 3.63) is 35.9 Å². The van der Waals surface area contributed by atoms with E-state index in [0.717, 1.165) is 6.42 Å². The van der Waals surface area contributed by atoms with Gasteiger partial charge in [0, 0.05) is 6.61 Å². The van der Waals surface area contributed by atoms with Gasteiger partial charge in [-0.1, -0.05) is 58.0 Å². The van der Waals surface area contributed by atoms with Crippen LogP contribution in [-0.2, 0) is 20.7 Å². The molecule has 0 radical (unpaired) electrons. The molecule has 3 nitrogen and oxygen atoms in total. The molecule has 0 fully saturated rings. The number of esters is 1. The molecule has 0 aliphatic carbocycles. The Kier molecular flexibility index (Phi) is 8.06. The number of ether oxygens (including phenoxy) is 2. The molecule has 0 N–H and O–H groups in total. The zero-order valence-corrected chi connectivity index (χ0v) is 13.7. The Labute approximate surface area is 128 Å². The normalized spacial score (nSPS) is 12.7. The fourth-order valence-corrected chi connectivity index (χ4v) is 2.09. The van der Waals surface area contributed by atoms with Crippen LogP contribution < -0.4 is 0 Å². The number of rotatable bonds is 9. The number of hydrogen-bond donors (Lipinski definition) is 0. The Morgan fingerprint density at radius 2 is 1.71 bits per heavy atom. The first-order valence-electron chi connectivity index (χ1n) is 7.79. The molecule has 0 aliphatic heterocycles. The lowest BCUT2D eigenvalue weighted by Gasteiger charge is -2.19. The third-order valence-corrected chi connectivity index (χ3v) is 3.33. The Morgan fingerprint density at radius 3 is 2.29 bits per heavy atom. The standard InChI is InChI=1S/C18H28O3/c1-14(2)13-20-10-11-21-18(19)17(15(3)4)12-16-8-6-5-7-9-16/h5-9,14-15,17H,10-13H2,1-4H3. The van der Waals surface area contributed by atoms with Gasteiger partial charge in [-0.25, -0.2) is 0 Å². The van der Waals surface area contributed by atoms with Crippen LogP contribution in [0.4, 0.5) is 0 Å². The number of benzene rings is 1. The van der Waals surface area contributed by atoms with E-state index in [-0.39, 0.29) is 17.8 Å². The molecule has 0 spiro atoms. The average Bonchev–Trinajstić information content (AvgIpc) is 2.44. The molecule has 0 aliphatic rings. The zero-order chi connectivity index (χ0) is 15.7. The van der Waals surface area contributed by atoms with Crippen LogP contribution in [-0.4, -0.2) is 25.8 Å². The molecule has 118 valence electrons. The highest BCUT2D eigenvalue weighted by molar-refractivity contribution is 5.73. The summed E-state index contributed by atoms with van der Waals surface area (Å²) in [7, 11) is 0. The summed E-state index contributed by atoms with van der Waals surface area (Å²) in [5.41, 5.74) is 1.17. The lowest BCUT2D eigenvalue weighted by atomic mass is 9.89. The second kappa shape index (κ2) is 9.56. The summed E-state index contributed by atoms with van der Waals surface area (Å²) in [6, 6.07) is 10.1. The summed E-state index contributed by atoms with van der Waals surface area (Å²) in [6.45, 7) is 9.83. The molecule has 1 aromatic carbocycles. The van der Waals surface area contributed by atoms with Gasteiger partial charge in [0.1, 0.15) is 6.61 Å². The van der Waals surface area contributed by atoms with E-state index >= 15 is 0 Å². The van der Waals surface area contributed by atoms with Crippen molar-refractivity contribution in [2.75, 3.05) is 19.8 Å². The summed E-state index contributed by atoms with van der Waals surface area (Å²) in [6.07, 6.45) is 0.726. The van der Waals surface area contributed by atoms with Crippen LogP contribution >= 0.6 is 0 Å². The Hall–Kier alpha value is -1.35. The SMILES string of the molecule is CC(C)COCCOC(=O)C(Cc1ccccc1)C(C)C. The number of carbonyl (C=O) groups excluding carboxylic acids is 1. The predicted octanol–water partition coefficient (Wildman–Crippen LogP) is 3.72. The van der Waals surface area contributed by atoms with Crippen molar-refractivity contribution in [2.45, 2.75) is 34.1 Å². The molecule has 0 amide bonds. The van der Waals surface area contributed by atoms with E-state index in [2.05, 4.69) is 39.8 Å². The Morgan fingerprint density at radius 1 is 1.05 bits per heavy atom. The largest absolute Gasteiger partial charge is 0.463 e. The molecule has 0 aromatic heterocycles. The minimum atomic E-state index is -0.123. The van der Waals surface area contributed by atoms with Crippen molar-refractivity contribution in [3.63, 3.8) is 0 Å². The van der Waals surface area contributed by atoms with Crippen LogP contribution in [0.15, 0.2) is 30.3 Å². The van der Waals surface area contributed by atoms with Gasteiger partial charge in [-0.2, -0.15) is 0 Å². The first-order chi connectivity index (χ1) is 10.0. The fourth-order valence-electron chi connectivity index (χ4n) is 2.09. The van der Waals surface area contributed by atoms with E-state index in [1.807, 2.05) is 18.2 Å². The van der Waals surface area contributed by atoms with Gasteiger partial charge < -0.3 is 9.47 Å². The maximum absolute atomic E-state index is 12.2. The lowest BCUT2D eigenvalue weighted by molar-refractivity contribution is -0.151. The molecule has 1 unspecified atom stereocenters. The maximum atomic E-state index is 12.2. The molecule has 3 heteroatoms. The Balaban J connectivity index is 2.40. The fraction of sp³-hybridized carbons (Fsp3) is 0.611. The molecular formula is C18H28O3. The minimum Gasteiger partial charge on any atom is -0.463 e. The topological polar surface area (TPSA) is 35.5 Å². The third-order valence-electron chi connectivity index (χ3n) is 3.33. The molecule has 0 heterocycles. The highest BCUT2D eigenvalue weighted by Crippen LogP contribution is 2.19. The van der Waals surface area contributed by atoms with Crippen LogP contribution in [0, 0.1) is 17.8 Å². The molecule has 0 saturated heterocycles. The predicted molar refractivity (Wildman–Crippen MR) is 85.1 cm³/mol. The smallest absolute Gasteiger partial charge is 0.309 e. The second-order valence-electron chi connectivity index (χ2n) is 6.18.